The molecule has 1 amide bonds. The van der Waals surface area contributed by atoms with Crippen LogP contribution in [0.15, 0.2) is 0 Å². The van der Waals surface area contributed by atoms with E-state index in [0.29, 0.717) is 32.3 Å². The number of amides is 1. The van der Waals surface area contributed by atoms with Crippen molar-refractivity contribution in [2.75, 3.05) is 40.3 Å². The second-order valence-corrected chi connectivity index (χ2v) is 5.06. The van der Waals surface area contributed by atoms with Crippen molar-refractivity contribution in [1.29, 1.82) is 0 Å². The van der Waals surface area contributed by atoms with Crippen LogP contribution in [-0.2, 0) is 19.0 Å². The lowest BCUT2D eigenvalue weighted by Gasteiger charge is -2.27. The van der Waals surface area contributed by atoms with Crippen LogP contribution < -0.4 is 5.32 Å². The third kappa shape index (κ3) is 6.93. The average molecular weight is 261 g/mol. The van der Waals surface area contributed by atoms with Crippen LogP contribution >= 0.6 is 0 Å². The van der Waals surface area contributed by atoms with Crippen molar-refractivity contribution < 1.29 is 19.0 Å². The van der Waals surface area contributed by atoms with E-state index in [4.69, 9.17) is 14.2 Å². The summed E-state index contributed by atoms with van der Waals surface area (Å²) >= 11 is 0. The molecule has 0 rings (SSSR count). The Kier molecular flexibility index (Phi) is 8.97. The molecule has 0 aliphatic rings. The van der Waals surface area contributed by atoms with E-state index in [0.717, 1.165) is 0 Å². The molecule has 1 N–H and O–H groups in total. The smallest absolute Gasteiger partial charge is 0.225 e. The van der Waals surface area contributed by atoms with E-state index >= 15 is 0 Å². The standard InChI is InChI=1S/C13H27NO4/c1-11(2)13(3,4)12(15)14-6-7-17-8-9-18-10-16-5/h11H,6-10H2,1-5H3,(H,14,15). The summed E-state index contributed by atoms with van der Waals surface area (Å²) in [5.74, 6) is 0.373. The summed E-state index contributed by atoms with van der Waals surface area (Å²) in [5, 5.41) is 2.88. The summed E-state index contributed by atoms with van der Waals surface area (Å²) in [4.78, 5) is 11.9. The number of hydrogen-bond donors (Lipinski definition) is 1. The van der Waals surface area contributed by atoms with Crippen molar-refractivity contribution in [2.45, 2.75) is 27.7 Å². The minimum Gasteiger partial charge on any atom is -0.377 e. The fraction of sp³-hybridized carbons (Fsp3) is 0.923. The molecule has 108 valence electrons. The highest BCUT2D eigenvalue weighted by Gasteiger charge is 2.30. The largest absolute Gasteiger partial charge is 0.377 e. The SMILES string of the molecule is COCOCCOCCNC(=O)C(C)(C)C(C)C. The normalized spacial score (nSPS) is 11.9. The third-order valence-electron chi connectivity index (χ3n) is 3.13. The Labute approximate surface area is 110 Å². The predicted octanol–water partition coefficient (Wildman–Crippen LogP) is 1.42. The zero-order chi connectivity index (χ0) is 14.0. The molecule has 0 fully saturated rings. The fourth-order valence-corrected chi connectivity index (χ4v) is 1.09. The minimum absolute atomic E-state index is 0.0664. The van der Waals surface area contributed by atoms with Crippen LogP contribution in [0.4, 0.5) is 0 Å². The van der Waals surface area contributed by atoms with Gasteiger partial charge in [-0.1, -0.05) is 27.7 Å². The van der Waals surface area contributed by atoms with E-state index in [1.807, 2.05) is 27.7 Å². The molecule has 0 unspecified atom stereocenters. The molecule has 0 heterocycles. The van der Waals surface area contributed by atoms with Crippen LogP contribution in [0.25, 0.3) is 0 Å². The van der Waals surface area contributed by atoms with Gasteiger partial charge >= 0.3 is 0 Å². The molecule has 5 nitrogen and oxygen atoms in total. The molecular formula is C13H27NO4. The molecule has 0 saturated heterocycles. The quantitative estimate of drug-likeness (QED) is 0.477. The number of methoxy groups -OCH3 is 1. The van der Waals surface area contributed by atoms with Gasteiger partial charge in [-0.15, -0.1) is 0 Å². The highest BCUT2D eigenvalue weighted by atomic mass is 16.7. The first kappa shape index (κ1) is 17.4. The Morgan fingerprint density at radius 3 is 2.33 bits per heavy atom. The van der Waals surface area contributed by atoms with E-state index in [-0.39, 0.29) is 18.1 Å². The van der Waals surface area contributed by atoms with E-state index in [9.17, 15) is 4.79 Å². The molecule has 18 heavy (non-hydrogen) atoms. The van der Waals surface area contributed by atoms with Gasteiger partial charge in [-0.2, -0.15) is 0 Å². The summed E-state index contributed by atoms with van der Waals surface area (Å²) in [7, 11) is 1.58. The molecule has 0 radical (unpaired) electrons. The number of nitrogens with one attached hydrogen (secondary N) is 1. The number of hydrogen-bond acceptors (Lipinski definition) is 4. The maximum absolute atomic E-state index is 11.9. The van der Waals surface area contributed by atoms with Crippen molar-refractivity contribution in [3.05, 3.63) is 0 Å². The average Bonchev–Trinajstić information content (AvgIpc) is 2.32. The molecule has 0 spiro atoms. The molecule has 0 aromatic rings. The van der Waals surface area contributed by atoms with Gasteiger partial charge in [0.15, 0.2) is 0 Å². The summed E-state index contributed by atoms with van der Waals surface area (Å²) in [6.45, 7) is 10.3. The number of rotatable bonds is 10. The van der Waals surface area contributed by atoms with Gasteiger partial charge < -0.3 is 19.5 Å². The van der Waals surface area contributed by atoms with Gasteiger partial charge in [-0.3, -0.25) is 4.79 Å². The maximum atomic E-state index is 11.9. The van der Waals surface area contributed by atoms with E-state index in [1.54, 1.807) is 7.11 Å². The number of ether oxygens (including phenoxy) is 3. The minimum atomic E-state index is -0.346. The molecule has 0 aromatic carbocycles. The molecule has 0 saturated carbocycles. The first-order valence-electron chi connectivity index (χ1n) is 6.35. The van der Waals surface area contributed by atoms with Gasteiger partial charge in [0.25, 0.3) is 0 Å². The van der Waals surface area contributed by atoms with Gasteiger partial charge in [-0.25, -0.2) is 0 Å². The summed E-state index contributed by atoms with van der Waals surface area (Å²) in [6.07, 6.45) is 0. The summed E-state index contributed by atoms with van der Waals surface area (Å²) in [5.41, 5.74) is -0.346. The van der Waals surface area contributed by atoms with Crippen LogP contribution in [0.2, 0.25) is 0 Å². The highest BCUT2D eigenvalue weighted by Crippen LogP contribution is 2.25. The topological polar surface area (TPSA) is 56.8 Å². The van der Waals surface area contributed by atoms with Gasteiger partial charge in [0, 0.05) is 19.1 Å². The molecule has 0 aliphatic heterocycles. The van der Waals surface area contributed by atoms with Crippen LogP contribution in [0.5, 0.6) is 0 Å². The zero-order valence-electron chi connectivity index (χ0n) is 12.2. The second-order valence-electron chi connectivity index (χ2n) is 5.06. The first-order chi connectivity index (χ1) is 8.42. The molecule has 5 heteroatoms. The molecule has 0 bridgehead atoms. The Hall–Kier alpha value is -0.650. The molecule has 0 aromatic heterocycles. The van der Waals surface area contributed by atoms with Gasteiger partial charge in [0.1, 0.15) is 6.79 Å². The van der Waals surface area contributed by atoms with E-state index in [2.05, 4.69) is 5.32 Å². The van der Waals surface area contributed by atoms with Crippen LogP contribution in [-0.4, -0.2) is 46.2 Å². The van der Waals surface area contributed by atoms with Gasteiger partial charge in [-0.05, 0) is 5.92 Å². The Morgan fingerprint density at radius 1 is 1.17 bits per heavy atom. The van der Waals surface area contributed by atoms with Crippen molar-refractivity contribution in [3.63, 3.8) is 0 Å². The van der Waals surface area contributed by atoms with Crippen LogP contribution in [0.1, 0.15) is 27.7 Å². The highest BCUT2D eigenvalue weighted by molar-refractivity contribution is 5.81. The van der Waals surface area contributed by atoms with E-state index in [1.165, 1.54) is 0 Å². The Balaban J connectivity index is 3.52. The van der Waals surface area contributed by atoms with E-state index < -0.39 is 0 Å². The van der Waals surface area contributed by atoms with Gasteiger partial charge in [0.05, 0.1) is 19.8 Å². The van der Waals surface area contributed by atoms with Crippen molar-refractivity contribution in [1.82, 2.24) is 5.32 Å². The third-order valence-corrected chi connectivity index (χ3v) is 3.13. The zero-order valence-corrected chi connectivity index (χ0v) is 12.2. The van der Waals surface area contributed by atoms with Crippen LogP contribution in [0, 0.1) is 11.3 Å². The van der Waals surface area contributed by atoms with Gasteiger partial charge in [0.2, 0.25) is 5.91 Å². The number of carbonyl (C=O) groups is 1. The summed E-state index contributed by atoms with van der Waals surface area (Å²) in [6, 6.07) is 0. The van der Waals surface area contributed by atoms with Crippen molar-refractivity contribution in [2.24, 2.45) is 11.3 Å². The monoisotopic (exact) mass is 261 g/mol. The predicted molar refractivity (Wildman–Crippen MR) is 70.3 cm³/mol. The molecule has 0 atom stereocenters. The van der Waals surface area contributed by atoms with Crippen molar-refractivity contribution >= 4 is 5.91 Å². The lowest BCUT2D eigenvalue weighted by Crippen LogP contribution is -2.41. The second kappa shape index (κ2) is 9.30. The maximum Gasteiger partial charge on any atom is 0.225 e. The first-order valence-corrected chi connectivity index (χ1v) is 6.35. The summed E-state index contributed by atoms with van der Waals surface area (Å²) < 4.78 is 15.1. The lowest BCUT2D eigenvalue weighted by atomic mass is 9.80. The molecular weight excluding hydrogens is 234 g/mol. The lowest BCUT2D eigenvalue weighted by molar-refractivity contribution is -0.131. The van der Waals surface area contributed by atoms with Crippen LogP contribution in [0.3, 0.4) is 0 Å². The fourth-order valence-electron chi connectivity index (χ4n) is 1.09. The Bertz CT molecular complexity index is 229. The number of carbonyl (C=O) groups excluding carboxylic acids is 1. The van der Waals surface area contributed by atoms with Crippen molar-refractivity contribution in [3.8, 4) is 0 Å². The molecule has 0 aliphatic carbocycles. The Morgan fingerprint density at radius 2 is 1.78 bits per heavy atom.